The molecule has 4 N–H and O–H groups in total. The van der Waals surface area contributed by atoms with Crippen LogP contribution < -0.4 is 16.2 Å². The van der Waals surface area contributed by atoms with E-state index in [-0.39, 0.29) is 18.1 Å². The molecule has 0 atom stereocenters. The lowest BCUT2D eigenvalue weighted by Gasteiger charge is -2.06. The average molecular weight is 369 g/mol. The lowest BCUT2D eigenvalue weighted by molar-refractivity contribution is -0.120. The van der Waals surface area contributed by atoms with Crippen molar-refractivity contribution in [2.24, 2.45) is 0 Å². The van der Waals surface area contributed by atoms with Gasteiger partial charge in [-0.3, -0.25) is 30.3 Å². The molecule has 0 unspecified atom stereocenters. The minimum absolute atomic E-state index is 0.201. The smallest absolute Gasteiger partial charge is 0.287 e. The van der Waals surface area contributed by atoms with Crippen LogP contribution in [0.2, 0.25) is 0 Å². The molecule has 1 aromatic carbocycles. The molecule has 0 aliphatic heterocycles. The highest BCUT2D eigenvalue weighted by Gasteiger charge is 2.13. The summed E-state index contributed by atoms with van der Waals surface area (Å²) in [7, 11) is 0. The van der Waals surface area contributed by atoms with E-state index in [9.17, 15) is 14.4 Å². The topological polar surface area (TPSA) is 116 Å². The minimum Gasteiger partial charge on any atom is -0.342 e. The molecule has 0 aliphatic carbocycles. The monoisotopic (exact) mass is 369 g/mol. The first-order valence-corrected chi connectivity index (χ1v) is 8.53. The SMILES string of the molecule is O=C(CNC(=O)c1cccs1)NNC(=O)c1cc(-c2ccccc2)n[nH]1. The van der Waals surface area contributed by atoms with Gasteiger partial charge in [-0.1, -0.05) is 36.4 Å². The number of carbonyl (C=O) groups is 3. The summed E-state index contributed by atoms with van der Waals surface area (Å²) in [6.45, 7) is -0.255. The molecule has 3 aromatic rings. The van der Waals surface area contributed by atoms with Crippen LogP contribution in [0.3, 0.4) is 0 Å². The average Bonchev–Trinajstić information content (AvgIpc) is 3.37. The first-order valence-electron chi connectivity index (χ1n) is 7.65. The summed E-state index contributed by atoms with van der Waals surface area (Å²) in [5.41, 5.74) is 6.18. The van der Waals surface area contributed by atoms with Gasteiger partial charge in [0.2, 0.25) is 0 Å². The van der Waals surface area contributed by atoms with E-state index in [0.717, 1.165) is 5.56 Å². The summed E-state index contributed by atoms with van der Waals surface area (Å²) in [6, 6.07) is 14.3. The number of nitrogens with zero attached hydrogens (tertiary/aromatic N) is 1. The summed E-state index contributed by atoms with van der Waals surface area (Å²) in [6.07, 6.45) is 0. The van der Waals surface area contributed by atoms with Gasteiger partial charge in [0.15, 0.2) is 0 Å². The van der Waals surface area contributed by atoms with Crippen molar-refractivity contribution in [1.82, 2.24) is 26.4 Å². The molecule has 2 aromatic heterocycles. The molecule has 0 aliphatic rings. The molecule has 0 radical (unpaired) electrons. The Bertz CT molecular complexity index is 906. The first kappa shape index (κ1) is 17.4. The van der Waals surface area contributed by atoms with Crippen LogP contribution in [0.5, 0.6) is 0 Å². The van der Waals surface area contributed by atoms with Gasteiger partial charge in [-0.15, -0.1) is 11.3 Å². The molecule has 3 rings (SSSR count). The van der Waals surface area contributed by atoms with Crippen molar-refractivity contribution in [1.29, 1.82) is 0 Å². The van der Waals surface area contributed by atoms with Gasteiger partial charge < -0.3 is 5.32 Å². The zero-order chi connectivity index (χ0) is 18.4. The molecular formula is C17H15N5O3S. The molecule has 9 heteroatoms. The van der Waals surface area contributed by atoms with E-state index in [0.29, 0.717) is 10.6 Å². The summed E-state index contributed by atoms with van der Waals surface area (Å²) in [5.74, 6) is -1.44. The molecule has 0 fully saturated rings. The van der Waals surface area contributed by atoms with Gasteiger partial charge in [-0.05, 0) is 17.5 Å². The van der Waals surface area contributed by atoms with Crippen LogP contribution in [0.15, 0.2) is 53.9 Å². The number of amides is 3. The van der Waals surface area contributed by atoms with Gasteiger partial charge in [-0.2, -0.15) is 5.10 Å². The molecule has 2 heterocycles. The van der Waals surface area contributed by atoms with Gasteiger partial charge >= 0.3 is 0 Å². The number of rotatable bonds is 5. The molecule has 132 valence electrons. The van der Waals surface area contributed by atoms with Crippen molar-refractivity contribution < 1.29 is 14.4 Å². The number of hydrogen-bond acceptors (Lipinski definition) is 5. The van der Waals surface area contributed by atoms with Gasteiger partial charge in [0.1, 0.15) is 5.69 Å². The Hall–Kier alpha value is -3.46. The van der Waals surface area contributed by atoms with Crippen molar-refractivity contribution in [3.63, 3.8) is 0 Å². The Morgan fingerprint density at radius 2 is 1.81 bits per heavy atom. The Morgan fingerprint density at radius 3 is 2.54 bits per heavy atom. The number of benzene rings is 1. The second-order valence-corrected chi connectivity index (χ2v) is 6.14. The minimum atomic E-state index is -0.550. The molecule has 0 saturated carbocycles. The molecular weight excluding hydrogens is 354 g/mol. The molecule has 8 nitrogen and oxygen atoms in total. The predicted molar refractivity (Wildman–Crippen MR) is 96.3 cm³/mol. The lowest BCUT2D eigenvalue weighted by atomic mass is 10.1. The number of thiophene rings is 1. The van der Waals surface area contributed by atoms with Crippen LogP contribution in [0.1, 0.15) is 20.2 Å². The summed E-state index contributed by atoms with van der Waals surface area (Å²) in [5, 5.41) is 10.9. The Kier molecular flexibility index (Phi) is 5.40. The van der Waals surface area contributed by atoms with E-state index in [1.807, 2.05) is 30.3 Å². The fraction of sp³-hybridized carbons (Fsp3) is 0.0588. The number of hydrogen-bond donors (Lipinski definition) is 4. The normalized spacial score (nSPS) is 10.2. The van der Waals surface area contributed by atoms with Gasteiger partial charge in [0.05, 0.1) is 17.1 Å². The second-order valence-electron chi connectivity index (χ2n) is 5.20. The summed E-state index contributed by atoms with van der Waals surface area (Å²) in [4.78, 5) is 36.0. The van der Waals surface area contributed by atoms with Crippen molar-refractivity contribution >= 4 is 29.1 Å². The Labute approximate surface area is 152 Å². The third-order valence-electron chi connectivity index (χ3n) is 3.36. The maximum Gasteiger partial charge on any atom is 0.287 e. The lowest BCUT2D eigenvalue weighted by Crippen LogP contribution is -2.46. The Morgan fingerprint density at radius 1 is 1.00 bits per heavy atom. The molecule has 0 bridgehead atoms. The third kappa shape index (κ3) is 4.33. The van der Waals surface area contributed by atoms with Gasteiger partial charge in [0.25, 0.3) is 17.7 Å². The summed E-state index contributed by atoms with van der Waals surface area (Å²) < 4.78 is 0. The van der Waals surface area contributed by atoms with Crippen LogP contribution in [-0.4, -0.2) is 34.5 Å². The third-order valence-corrected chi connectivity index (χ3v) is 4.23. The Balaban J connectivity index is 1.47. The molecule has 0 spiro atoms. The number of aromatic nitrogens is 2. The quantitative estimate of drug-likeness (QED) is 0.508. The van der Waals surface area contributed by atoms with E-state index >= 15 is 0 Å². The highest BCUT2D eigenvalue weighted by Crippen LogP contribution is 2.16. The van der Waals surface area contributed by atoms with Crippen molar-refractivity contribution in [3.8, 4) is 11.3 Å². The maximum atomic E-state index is 12.0. The zero-order valence-electron chi connectivity index (χ0n) is 13.5. The van der Waals surface area contributed by atoms with Gasteiger partial charge in [-0.25, -0.2) is 0 Å². The number of nitrogens with one attached hydrogen (secondary N) is 4. The zero-order valence-corrected chi connectivity index (χ0v) is 14.3. The second kappa shape index (κ2) is 8.08. The highest BCUT2D eigenvalue weighted by atomic mass is 32.1. The first-order chi connectivity index (χ1) is 12.6. The molecule has 26 heavy (non-hydrogen) atoms. The summed E-state index contributed by atoms with van der Waals surface area (Å²) >= 11 is 1.27. The number of aromatic amines is 1. The van der Waals surface area contributed by atoms with E-state index < -0.39 is 11.8 Å². The predicted octanol–water partition coefficient (Wildman–Crippen LogP) is 1.33. The van der Waals surface area contributed by atoms with Crippen molar-refractivity contribution in [3.05, 3.63) is 64.5 Å². The fourth-order valence-electron chi connectivity index (χ4n) is 2.09. The van der Waals surface area contributed by atoms with Crippen LogP contribution >= 0.6 is 11.3 Å². The van der Waals surface area contributed by atoms with E-state index in [2.05, 4.69) is 26.4 Å². The van der Waals surface area contributed by atoms with Crippen LogP contribution in [-0.2, 0) is 4.79 Å². The molecule has 0 saturated heterocycles. The molecule has 3 amide bonds. The number of H-pyrrole nitrogens is 1. The largest absolute Gasteiger partial charge is 0.342 e. The number of carbonyl (C=O) groups excluding carboxylic acids is 3. The number of hydrazine groups is 1. The van der Waals surface area contributed by atoms with Crippen molar-refractivity contribution in [2.45, 2.75) is 0 Å². The van der Waals surface area contributed by atoms with Gasteiger partial charge in [0, 0.05) is 5.56 Å². The standard InChI is InChI=1S/C17H15N5O3S/c23-15(10-18-17(25)14-7-4-8-26-14)21-22-16(24)13-9-12(19-20-13)11-5-2-1-3-6-11/h1-9H,10H2,(H,18,25)(H,19,20)(H,21,23)(H,22,24). The van der Waals surface area contributed by atoms with E-state index in [1.165, 1.54) is 11.3 Å². The van der Waals surface area contributed by atoms with E-state index in [4.69, 9.17) is 0 Å². The van der Waals surface area contributed by atoms with Crippen LogP contribution in [0.25, 0.3) is 11.3 Å². The van der Waals surface area contributed by atoms with Crippen molar-refractivity contribution in [2.75, 3.05) is 6.54 Å². The highest BCUT2D eigenvalue weighted by molar-refractivity contribution is 7.12. The fourth-order valence-corrected chi connectivity index (χ4v) is 2.73. The van der Waals surface area contributed by atoms with Crippen LogP contribution in [0.4, 0.5) is 0 Å². The maximum absolute atomic E-state index is 12.0. The van der Waals surface area contributed by atoms with Crippen LogP contribution in [0, 0.1) is 0 Å². The van der Waals surface area contributed by atoms with E-state index in [1.54, 1.807) is 23.6 Å².